The van der Waals surface area contributed by atoms with Crippen LogP contribution < -0.4 is 44.4 Å². The third-order valence-electron chi connectivity index (χ3n) is 14.8. The number of hydrogen-bond donors (Lipinski definition) is 3. The molecule has 0 saturated carbocycles. The Bertz CT molecular complexity index is 3030. The van der Waals surface area contributed by atoms with Gasteiger partial charge in [-0.05, 0) is 78.4 Å². The third-order valence-corrected chi connectivity index (χ3v) is 14.8. The Labute approximate surface area is 511 Å². The molecule has 2 aliphatic rings. The van der Waals surface area contributed by atoms with Crippen LogP contribution in [-0.2, 0) is 37.0 Å². The van der Waals surface area contributed by atoms with Crippen molar-refractivity contribution in [2.24, 2.45) is 0 Å². The van der Waals surface area contributed by atoms with Crippen LogP contribution in [0.4, 0.5) is 4.79 Å². The van der Waals surface area contributed by atoms with E-state index in [0.29, 0.717) is 79.3 Å². The molecule has 6 aromatic rings. The summed E-state index contributed by atoms with van der Waals surface area (Å²) < 4.78 is 37.8. The molecule has 87 heavy (non-hydrogen) atoms. The van der Waals surface area contributed by atoms with Crippen molar-refractivity contribution in [2.45, 2.75) is 51.5 Å². The highest BCUT2D eigenvalue weighted by Crippen LogP contribution is 2.39. The summed E-state index contributed by atoms with van der Waals surface area (Å²) in [5, 5.41) is 8.66. The average molecular weight is 1190 g/mol. The zero-order valence-corrected chi connectivity index (χ0v) is 51.5. The summed E-state index contributed by atoms with van der Waals surface area (Å²) in [4.78, 5) is 74.6. The summed E-state index contributed by atoms with van der Waals surface area (Å²) >= 11 is 0. The van der Waals surface area contributed by atoms with Crippen LogP contribution in [0.15, 0.2) is 146 Å². The first kappa shape index (κ1) is 65.7. The molecule has 0 aliphatic carbocycles. The minimum absolute atomic E-state index is 0.00644. The lowest BCUT2D eigenvalue weighted by Crippen LogP contribution is -2.53. The van der Waals surface area contributed by atoms with Gasteiger partial charge >= 0.3 is 6.09 Å². The van der Waals surface area contributed by atoms with E-state index in [-0.39, 0.29) is 69.1 Å². The second kappa shape index (κ2) is 32.6. The summed E-state index contributed by atoms with van der Waals surface area (Å²) in [6.07, 6.45) is -0.736. The van der Waals surface area contributed by atoms with Gasteiger partial charge in [0.1, 0.15) is 18.7 Å². The minimum atomic E-state index is -0.805. The van der Waals surface area contributed by atoms with E-state index in [1.807, 2.05) is 53.4 Å². The van der Waals surface area contributed by atoms with Gasteiger partial charge in [-0.15, -0.1) is 0 Å². The van der Waals surface area contributed by atoms with E-state index in [0.717, 1.165) is 23.6 Å². The number of nitrogens with zero attached hydrogens (tertiary/aromatic N) is 5. The maximum absolute atomic E-state index is 13.5. The summed E-state index contributed by atoms with van der Waals surface area (Å²) in [7, 11) is 9.18. The number of piperazine rings is 2. The highest BCUT2D eigenvalue weighted by Gasteiger charge is 2.33. The van der Waals surface area contributed by atoms with Crippen LogP contribution in [0, 0.1) is 0 Å². The van der Waals surface area contributed by atoms with Gasteiger partial charge in [0.25, 0.3) is 0 Å². The smallest absolute Gasteiger partial charge is 0.411 e. The second-order valence-electron chi connectivity index (χ2n) is 21.8. The monoisotopic (exact) mass is 1190 g/mol. The maximum atomic E-state index is 13.5. The number of rotatable bonds is 24. The highest BCUT2D eigenvalue weighted by molar-refractivity contribution is 5.87. The largest absolute Gasteiger partial charge is 0.493 e. The number of carbonyl (C=O) groups excluding carboxylic acids is 5. The van der Waals surface area contributed by atoms with E-state index < -0.39 is 17.6 Å². The molecule has 0 unspecified atom stereocenters. The number of nitrogens with one attached hydrogen (secondary N) is 3. The Hall–Kier alpha value is -8.85. The van der Waals surface area contributed by atoms with E-state index in [4.69, 9.17) is 33.2 Å². The van der Waals surface area contributed by atoms with Crippen molar-refractivity contribution in [3.8, 4) is 34.5 Å². The van der Waals surface area contributed by atoms with Gasteiger partial charge in [-0.1, -0.05) is 121 Å². The van der Waals surface area contributed by atoms with Crippen molar-refractivity contribution in [3.05, 3.63) is 179 Å². The van der Waals surface area contributed by atoms with Crippen LogP contribution in [0.5, 0.6) is 34.5 Å². The first-order valence-electron chi connectivity index (χ1n) is 29.1. The maximum Gasteiger partial charge on any atom is 0.411 e. The SMILES string of the molecule is COc1cc(CNC(=O)CN(CC(=O)N2CCN(C(c3ccccc3)c3ccccc3)CC2)C(=O)OC(C)(C)C)cc(OC)c1OC.COc1cc(CNC(=O)CNCC(=O)N2CCN(C(c3ccccc3)c3ccccc3)CC2)cc(OC)c1OC. The predicted octanol–water partition coefficient (Wildman–Crippen LogP) is 7.35. The summed E-state index contributed by atoms with van der Waals surface area (Å²) in [5.74, 6) is 1.98. The van der Waals surface area contributed by atoms with Gasteiger partial charge in [0.15, 0.2) is 23.0 Å². The van der Waals surface area contributed by atoms with E-state index >= 15 is 0 Å². The van der Waals surface area contributed by atoms with Crippen LogP contribution in [0.3, 0.4) is 0 Å². The van der Waals surface area contributed by atoms with Crippen molar-refractivity contribution in [1.82, 2.24) is 40.4 Å². The zero-order chi connectivity index (χ0) is 62.3. The lowest BCUT2D eigenvalue weighted by molar-refractivity contribution is -0.135. The molecule has 2 heterocycles. The van der Waals surface area contributed by atoms with E-state index in [1.165, 1.54) is 43.6 Å². The normalized spacial score (nSPS) is 13.6. The molecule has 0 radical (unpaired) electrons. The number of ether oxygens (including phenoxy) is 7. The summed E-state index contributed by atoms with van der Waals surface area (Å²) in [5.41, 5.74) is 5.57. The van der Waals surface area contributed by atoms with E-state index in [1.54, 1.807) is 71.3 Å². The minimum Gasteiger partial charge on any atom is -0.493 e. The lowest BCUT2D eigenvalue weighted by atomic mass is 9.96. The predicted molar refractivity (Wildman–Crippen MR) is 332 cm³/mol. The molecule has 20 heteroatoms. The number of methoxy groups -OCH3 is 6. The van der Waals surface area contributed by atoms with Crippen molar-refractivity contribution in [1.29, 1.82) is 0 Å². The van der Waals surface area contributed by atoms with Gasteiger partial charge in [-0.3, -0.25) is 39.2 Å². The quantitative estimate of drug-likeness (QED) is 0.0543. The fourth-order valence-electron chi connectivity index (χ4n) is 10.6. The van der Waals surface area contributed by atoms with Crippen molar-refractivity contribution in [2.75, 3.05) is 121 Å². The number of amides is 5. The van der Waals surface area contributed by atoms with E-state index in [2.05, 4.69) is 98.5 Å². The van der Waals surface area contributed by atoms with Crippen LogP contribution in [0.1, 0.15) is 66.2 Å². The molecule has 2 aliphatic heterocycles. The molecular formula is C67H84N8O12. The van der Waals surface area contributed by atoms with Gasteiger partial charge in [0.2, 0.25) is 35.1 Å². The Morgan fingerprint density at radius 3 is 1.13 bits per heavy atom. The molecule has 0 spiro atoms. The molecule has 8 rings (SSSR count). The Kier molecular flexibility index (Phi) is 24.6. The molecule has 464 valence electrons. The molecule has 2 saturated heterocycles. The number of hydrogen-bond acceptors (Lipinski definition) is 15. The second-order valence-corrected chi connectivity index (χ2v) is 21.8. The molecule has 5 amide bonds. The molecule has 0 atom stereocenters. The molecule has 0 bridgehead atoms. The van der Waals surface area contributed by atoms with Gasteiger partial charge in [-0.2, -0.15) is 0 Å². The molecule has 2 fully saturated rings. The lowest BCUT2D eigenvalue weighted by Gasteiger charge is -2.40. The van der Waals surface area contributed by atoms with Gasteiger partial charge in [0.05, 0.1) is 67.8 Å². The Morgan fingerprint density at radius 2 is 0.793 bits per heavy atom. The Balaban J connectivity index is 0.000000252. The van der Waals surface area contributed by atoms with Crippen LogP contribution in [0.2, 0.25) is 0 Å². The average Bonchev–Trinajstić information content (AvgIpc) is 2.09. The topological polar surface area (TPSA) is 202 Å². The van der Waals surface area contributed by atoms with Crippen molar-refractivity contribution < 1.29 is 57.1 Å². The van der Waals surface area contributed by atoms with Crippen LogP contribution in [0.25, 0.3) is 0 Å². The molecule has 20 nitrogen and oxygen atoms in total. The van der Waals surface area contributed by atoms with Crippen molar-refractivity contribution in [3.63, 3.8) is 0 Å². The zero-order valence-electron chi connectivity index (χ0n) is 51.5. The van der Waals surface area contributed by atoms with Gasteiger partial charge in [-0.25, -0.2) is 4.79 Å². The van der Waals surface area contributed by atoms with Crippen LogP contribution >= 0.6 is 0 Å². The van der Waals surface area contributed by atoms with E-state index in [9.17, 15) is 24.0 Å². The molecule has 6 aromatic carbocycles. The number of benzene rings is 6. The number of carbonyl (C=O) groups is 5. The highest BCUT2D eigenvalue weighted by atomic mass is 16.6. The molecule has 3 N–H and O–H groups in total. The van der Waals surface area contributed by atoms with Crippen molar-refractivity contribution >= 4 is 29.7 Å². The summed E-state index contributed by atoms with van der Waals surface area (Å²) in [6.45, 7) is 10.3. The first-order chi connectivity index (χ1) is 42.1. The Morgan fingerprint density at radius 1 is 0.448 bits per heavy atom. The summed E-state index contributed by atoms with van der Waals surface area (Å²) in [6, 6.07) is 48.9. The fraction of sp³-hybridized carbons (Fsp3) is 0.388. The van der Waals surface area contributed by atoms with Gasteiger partial charge in [0, 0.05) is 65.4 Å². The first-order valence-corrected chi connectivity index (χ1v) is 29.1. The standard InChI is InChI=1S/C36H46N4O7.C31H38N4O5/c1-36(2,3)47-35(43)40(24-31(41)37-23-26-21-29(44-4)34(46-6)30(22-26)45-5)25-32(42)38-17-19-39(20-18-38)33(27-13-9-7-10-14-27)28-15-11-8-12-16-28;1-38-26-18-23(19-27(39-2)31(26)40-3)20-33-28(36)21-32-22-29(37)34-14-16-35(17-15-34)30(24-10-6-4-7-11-24)25-12-8-5-9-13-25/h7-16,21-22,33H,17-20,23-25H2,1-6H3,(H,37,41);4-13,18-19,30,32H,14-17,20-22H2,1-3H3,(H,33,36). The fourth-order valence-corrected chi connectivity index (χ4v) is 10.6. The van der Waals surface area contributed by atoms with Gasteiger partial charge < -0.3 is 53.6 Å². The third kappa shape index (κ3) is 18.8. The molecular weight excluding hydrogens is 1110 g/mol. The molecule has 0 aromatic heterocycles. The van der Waals surface area contributed by atoms with Crippen LogP contribution in [-0.4, -0.2) is 181 Å².